The molecule has 0 bridgehead atoms. The average Bonchev–Trinajstić information content (AvgIpc) is 2.63. The van der Waals surface area contributed by atoms with E-state index in [1.807, 2.05) is 0 Å². The number of carbonyl (C=O) groups excluding carboxylic acids is 1. The highest BCUT2D eigenvalue weighted by molar-refractivity contribution is 5.78. The van der Waals surface area contributed by atoms with Crippen LogP contribution in [0, 0.1) is 0 Å². The molecule has 0 spiro atoms. The number of allylic oxidation sites excluding steroid dienone is 8. The Bertz CT molecular complexity index is 435. The average molecular weight is 362 g/mol. The van der Waals surface area contributed by atoms with E-state index in [4.69, 9.17) is 10.5 Å². The van der Waals surface area contributed by atoms with Gasteiger partial charge in [0, 0.05) is 7.11 Å². The Morgan fingerprint density at radius 2 is 1.27 bits per heavy atom. The first-order chi connectivity index (χ1) is 12.7. The van der Waals surface area contributed by atoms with Gasteiger partial charge in [-0.05, 0) is 51.4 Å². The summed E-state index contributed by atoms with van der Waals surface area (Å²) >= 11 is 0. The van der Waals surface area contributed by atoms with E-state index in [1.54, 1.807) is 0 Å². The van der Waals surface area contributed by atoms with Crippen molar-refractivity contribution < 1.29 is 9.53 Å². The molecule has 0 radical (unpaired) electrons. The van der Waals surface area contributed by atoms with E-state index in [2.05, 4.69) is 55.5 Å². The first kappa shape index (κ1) is 24.4. The molecule has 2 N–H and O–H groups in total. The van der Waals surface area contributed by atoms with Crippen LogP contribution >= 0.6 is 0 Å². The second-order valence-electron chi connectivity index (χ2n) is 6.50. The van der Waals surface area contributed by atoms with Gasteiger partial charge in [0.2, 0.25) is 5.91 Å². The molecule has 148 valence electrons. The van der Waals surface area contributed by atoms with Gasteiger partial charge in [-0.3, -0.25) is 4.79 Å². The Kier molecular flexibility index (Phi) is 18.5. The molecule has 0 aliphatic carbocycles. The molecule has 0 aromatic heterocycles. The van der Waals surface area contributed by atoms with Crippen LogP contribution in [0.4, 0.5) is 0 Å². The van der Waals surface area contributed by atoms with Crippen LogP contribution in [0.3, 0.4) is 0 Å². The number of hydrogen-bond donors (Lipinski definition) is 1. The highest BCUT2D eigenvalue weighted by Crippen LogP contribution is 2.07. The number of primary amides is 1. The van der Waals surface area contributed by atoms with E-state index in [0.29, 0.717) is 6.42 Å². The fraction of sp³-hybridized carbons (Fsp3) is 0.609. The smallest absolute Gasteiger partial charge is 0.246 e. The maximum Gasteiger partial charge on any atom is 0.246 e. The van der Waals surface area contributed by atoms with Crippen LogP contribution in [0.5, 0.6) is 0 Å². The standard InChI is InChI=1S/C23H39NO2/c1-3-4-5-6-7-8-9-10-11-12-13-14-15-16-17-18-19-20-21-22(26-2)23(24)25/h7-8,10-11,13-14,16-17,22H,3-6,9,12,15,18-21H2,1-2H3,(H2,24,25)/b8-7-,11-10-,14-13-,17-16-. The molecule has 0 saturated carbocycles. The maximum absolute atomic E-state index is 11.0. The zero-order chi connectivity index (χ0) is 19.3. The largest absolute Gasteiger partial charge is 0.372 e. The lowest BCUT2D eigenvalue weighted by Crippen LogP contribution is -2.29. The van der Waals surface area contributed by atoms with Crippen LogP contribution in [0.15, 0.2) is 48.6 Å². The summed E-state index contributed by atoms with van der Waals surface area (Å²) in [6.45, 7) is 2.24. The van der Waals surface area contributed by atoms with Crippen LogP contribution < -0.4 is 5.73 Å². The Labute approximate surface area is 161 Å². The minimum absolute atomic E-state index is 0.370. The van der Waals surface area contributed by atoms with Gasteiger partial charge in [-0.25, -0.2) is 0 Å². The normalized spacial score (nSPS) is 13.6. The monoisotopic (exact) mass is 361 g/mol. The molecule has 0 rings (SSSR count). The first-order valence-corrected chi connectivity index (χ1v) is 10.1. The third-order valence-electron chi connectivity index (χ3n) is 4.15. The zero-order valence-corrected chi connectivity index (χ0v) is 16.9. The van der Waals surface area contributed by atoms with Crippen molar-refractivity contribution in [2.45, 2.75) is 83.7 Å². The van der Waals surface area contributed by atoms with Crippen molar-refractivity contribution in [3.8, 4) is 0 Å². The Balaban J connectivity index is 3.50. The lowest BCUT2D eigenvalue weighted by molar-refractivity contribution is -0.128. The van der Waals surface area contributed by atoms with E-state index in [1.165, 1.54) is 32.8 Å². The summed E-state index contributed by atoms with van der Waals surface area (Å²) in [4.78, 5) is 11.0. The molecule has 3 heteroatoms. The van der Waals surface area contributed by atoms with E-state index in [0.717, 1.165) is 38.5 Å². The minimum Gasteiger partial charge on any atom is -0.372 e. The topological polar surface area (TPSA) is 52.3 Å². The summed E-state index contributed by atoms with van der Waals surface area (Å²) in [5, 5.41) is 0. The molecule has 0 aromatic carbocycles. The fourth-order valence-electron chi connectivity index (χ4n) is 2.53. The third kappa shape index (κ3) is 17.2. The summed E-state index contributed by atoms with van der Waals surface area (Å²) in [7, 11) is 1.53. The lowest BCUT2D eigenvalue weighted by Gasteiger charge is -2.09. The summed E-state index contributed by atoms with van der Waals surface area (Å²) in [5.74, 6) is -0.370. The summed E-state index contributed by atoms with van der Waals surface area (Å²) in [6, 6.07) is 0. The van der Waals surface area contributed by atoms with Gasteiger partial charge in [-0.2, -0.15) is 0 Å². The van der Waals surface area contributed by atoms with Gasteiger partial charge in [0.25, 0.3) is 0 Å². The van der Waals surface area contributed by atoms with Gasteiger partial charge < -0.3 is 10.5 Å². The van der Waals surface area contributed by atoms with Gasteiger partial charge in [0.15, 0.2) is 0 Å². The Hall–Kier alpha value is -1.61. The van der Waals surface area contributed by atoms with Crippen LogP contribution in [-0.2, 0) is 9.53 Å². The van der Waals surface area contributed by atoms with Crippen LogP contribution in [0.1, 0.15) is 77.6 Å². The van der Waals surface area contributed by atoms with E-state index < -0.39 is 6.10 Å². The molecule has 0 aliphatic rings. The van der Waals surface area contributed by atoms with Crippen molar-refractivity contribution in [2.24, 2.45) is 5.73 Å². The van der Waals surface area contributed by atoms with Gasteiger partial charge in [-0.1, -0.05) is 74.8 Å². The van der Waals surface area contributed by atoms with Crippen LogP contribution in [0.2, 0.25) is 0 Å². The Morgan fingerprint density at radius 1 is 0.808 bits per heavy atom. The van der Waals surface area contributed by atoms with Gasteiger partial charge >= 0.3 is 0 Å². The Morgan fingerprint density at radius 3 is 1.69 bits per heavy atom. The van der Waals surface area contributed by atoms with Gasteiger partial charge in [0.05, 0.1) is 0 Å². The minimum atomic E-state index is -0.438. The number of ether oxygens (including phenoxy) is 1. The molecular formula is C23H39NO2. The molecule has 0 heterocycles. The number of rotatable bonds is 17. The molecule has 26 heavy (non-hydrogen) atoms. The maximum atomic E-state index is 11.0. The fourth-order valence-corrected chi connectivity index (χ4v) is 2.53. The molecule has 3 nitrogen and oxygen atoms in total. The number of nitrogens with two attached hydrogens (primary N) is 1. The quantitative estimate of drug-likeness (QED) is 0.254. The molecular weight excluding hydrogens is 322 g/mol. The van der Waals surface area contributed by atoms with Crippen LogP contribution in [-0.4, -0.2) is 19.1 Å². The second-order valence-corrected chi connectivity index (χ2v) is 6.50. The van der Waals surface area contributed by atoms with Crippen molar-refractivity contribution in [1.82, 2.24) is 0 Å². The van der Waals surface area contributed by atoms with Crippen molar-refractivity contribution in [2.75, 3.05) is 7.11 Å². The highest BCUT2D eigenvalue weighted by Gasteiger charge is 2.12. The molecule has 1 atom stereocenters. The van der Waals surface area contributed by atoms with Gasteiger partial charge in [-0.15, -0.1) is 0 Å². The molecule has 1 amide bonds. The summed E-state index contributed by atoms with van der Waals surface area (Å²) < 4.78 is 5.03. The number of hydrogen-bond acceptors (Lipinski definition) is 2. The molecule has 1 unspecified atom stereocenters. The molecule has 0 aliphatic heterocycles. The van der Waals surface area contributed by atoms with Gasteiger partial charge in [0.1, 0.15) is 6.10 Å². The number of unbranched alkanes of at least 4 members (excludes halogenated alkanes) is 5. The van der Waals surface area contributed by atoms with Crippen LogP contribution in [0.25, 0.3) is 0 Å². The zero-order valence-electron chi connectivity index (χ0n) is 16.9. The van der Waals surface area contributed by atoms with E-state index in [9.17, 15) is 4.79 Å². The van der Waals surface area contributed by atoms with Crippen molar-refractivity contribution in [1.29, 1.82) is 0 Å². The predicted molar refractivity (Wildman–Crippen MR) is 113 cm³/mol. The van der Waals surface area contributed by atoms with Crippen molar-refractivity contribution in [3.63, 3.8) is 0 Å². The second kappa shape index (κ2) is 19.7. The SMILES string of the molecule is CCCCC/C=C\C/C=C\C/C=C\C/C=C\CCCCC(OC)C(N)=O. The van der Waals surface area contributed by atoms with Crippen molar-refractivity contribution >= 4 is 5.91 Å². The summed E-state index contributed by atoms with van der Waals surface area (Å²) in [5.41, 5.74) is 5.23. The highest BCUT2D eigenvalue weighted by atomic mass is 16.5. The molecule has 0 fully saturated rings. The predicted octanol–water partition coefficient (Wildman–Crippen LogP) is 6.02. The number of carbonyl (C=O) groups is 1. The van der Waals surface area contributed by atoms with Crippen molar-refractivity contribution in [3.05, 3.63) is 48.6 Å². The summed E-state index contributed by atoms with van der Waals surface area (Å²) in [6.07, 6.45) is 29.3. The molecule has 0 saturated heterocycles. The number of methoxy groups -OCH3 is 1. The number of amides is 1. The molecule has 0 aromatic rings. The van der Waals surface area contributed by atoms with E-state index in [-0.39, 0.29) is 5.91 Å². The van der Waals surface area contributed by atoms with E-state index >= 15 is 0 Å². The third-order valence-corrected chi connectivity index (χ3v) is 4.15. The lowest BCUT2D eigenvalue weighted by atomic mass is 10.1. The first-order valence-electron chi connectivity index (χ1n) is 10.1.